The Bertz CT molecular complexity index is 911. The Balaban J connectivity index is 2.20. The van der Waals surface area contributed by atoms with Gasteiger partial charge in [0, 0.05) is 0 Å². The van der Waals surface area contributed by atoms with Crippen LogP contribution in [0.5, 0.6) is 0 Å². The molecule has 2 aromatic rings. The molecule has 0 aliphatic heterocycles. The molecule has 0 aromatic heterocycles. The predicted molar refractivity (Wildman–Crippen MR) is 79.6 cm³/mol. The molecule has 2 aliphatic carbocycles. The van der Waals surface area contributed by atoms with Gasteiger partial charge in [0.05, 0.1) is 0 Å². The molecule has 4 rings (SSSR count). The van der Waals surface area contributed by atoms with E-state index in [1.807, 2.05) is 0 Å². The van der Waals surface area contributed by atoms with E-state index in [1.54, 1.807) is 0 Å². The molecule has 2 aliphatic rings. The monoisotopic (exact) mass is 243 g/mol. The van der Waals surface area contributed by atoms with Crippen LogP contribution in [0.1, 0.15) is 11.1 Å². The quantitative estimate of drug-likeness (QED) is 0.666. The standard InChI is InChI=1S/C19H15/c1-13-6-9-17-15(12-13)8-11-18-16-5-3-2-4-14(16)7-10-19(17)18/h2-8,11-12H,1,9-10H2. The first kappa shape index (κ1) is 10.8. The Morgan fingerprint density at radius 2 is 1.58 bits per heavy atom. The molecule has 0 saturated carbocycles. The molecular formula is C19H15. The largest absolute Gasteiger partial charge is 0.0768 e. The minimum atomic E-state index is 1.02. The maximum atomic E-state index is 4.04. The summed E-state index contributed by atoms with van der Waals surface area (Å²) < 4.78 is 0. The van der Waals surface area contributed by atoms with E-state index in [4.69, 9.17) is 0 Å². The molecule has 19 heavy (non-hydrogen) atoms. The van der Waals surface area contributed by atoms with Crippen molar-refractivity contribution < 1.29 is 0 Å². The van der Waals surface area contributed by atoms with E-state index in [0.29, 0.717) is 0 Å². The minimum Gasteiger partial charge on any atom is -0.0768 e. The lowest BCUT2D eigenvalue weighted by Gasteiger charge is -2.15. The summed E-state index contributed by atoms with van der Waals surface area (Å²) in [6.45, 7) is 4.04. The molecule has 0 bridgehead atoms. The molecule has 0 N–H and O–H groups in total. The first-order valence-corrected chi connectivity index (χ1v) is 6.77. The van der Waals surface area contributed by atoms with Crippen LogP contribution in [-0.2, 0) is 12.8 Å². The Morgan fingerprint density at radius 3 is 2.53 bits per heavy atom. The molecule has 1 radical (unpaired) electrons. The fraction of sp³-hybridized carbons (Fsp3) is 0.105. The third-order valence-corrected chi connectivity index (χ3v) is 4.15. The molecule has 0 nitrogen and oxygen atoms in total. The van der Waals surface area contributed by atoms with Gasteiger partial charge in [0.15, 0.2) is 0 Å². The number of allylic oxidation sites excluding steroid dienone is 2. The van der Waals surface area contributed by atoms with Gasteiger partial charge in [-0.25, -0.2) is 0 Å². The van der Waals surface area contributed by atoms with Crippen molar-refractivity contribution in [1.82, 2.24) is 0 Å². The predicted octanol–water partition coefficient (Wildman–Crippen LogP) is 2.41. The number of hydrogen-bond donors (Lipinski definition) is 0. The summed E-state index contributed by atoms with van der Waals surface area (Å²) in [6, 6.07) is 13.2. The summed E-state index contributed by atoms with van der Waals surface area (Å²) >= 11 is 0. The van der Waals surface area contributed by atoms with Crippen molar-refractivity contribution in [3.05, 3.63) is 87.0 Å². The molecule has 0 atom stereocenters. The molecule has 91 valence electrons. The third kappa shape index (κ3) is 1.60. The molecule has 0 spiro atoms. The lowest BCUT2D eigenvalue weighted by atomic mass is 9.89. The number of fused-ring (bicyclic) bond motifs is 4. The van der Waals surface area contributed by atoms with E-state index >= 15 is 0 Å². The second-order valence-corrected chi connectivity index (χ2v) is 5.28. The molecule has 0 heterocycles. The van der Waals surface area contributed by atoms with Crippen molar-refractivity contribution in [2.45, 2.75) is 12.8 Å². The van der Waals surface area contributed by atoms with Gasteiger partial charge in [-0.1, -0.05) is 60.2 Å². The van der Waals surface area contributed by atoms with Gasteiger partial charge < -0.3 is 0 Å². The van der Waals surface area contributed by atoms with Crippen molar-refractivity contribution in [1.29, 1.82) is 0 Å². The van der Waals surface area contributed by atoms with Gasteiger partial charge in [0.2, 0.25) is 0 Å². The van der Waals surface area contributed by atoms with E-state index in [1.165, 1.54) is 32.0 Å². The van der Waals surface area contributed by atoms with Gasteiger partial charge in [0.25, 0.3) is 0 Å². The van der Waals surface area contributed by atoms with Crippen molar-refractivity contribution in [2.75, 3.05) is 0 Å². The average molecular weight is 243 g/mol. The fourth-order valence-corrected chi connectivity index (χ4v) is 3.20. The molecule has 0 heteroatoms. The molecule has 0 amide bonds. The Hall–Kier alpha value is -2.08. The van der Waals surface area contributed by atoms with Crippen LogP contribution in [0.15, 0.2) is 48.0 Å². The van der Waals surface area contributed by atoms with Crippen LogP contribution >= 0.6 is 0 Å². The van der Waals surface area contributed by atoms with Crippen LogP contribution in [0.3, 0.4) is 0 Å². The van der Waals surface area contributed by atoms with Crippen LogP contribution < -0.4 is 10.4 Å². The van der Waals surface area contributed by atoms with Gasteiger partial charge in [-0.15, -0.1) is 0 Å². The van der Waals surface area contributed by atoms with E-state index in [-0.39, 0.29) is 0 Å². The van der Waals surface area contributed by atoms with Gasteiger partial charge in [-0.2, -0.15) is 0 Å². The van der Waals surface area contributed by atoms with E-state index in [0.717, 1.165) is 18.4 Å². The summed E-state index contributed by atoms with van der Waals surface area (Å²) in [5.41, 5.74) is 4.11. The van der Waals surface area contributed by atoms with Gasteiger partial charge in [-0.3, -0.25) is 0 Å². The number of benzene rings is 2. The highest BCUT2D eigenvalue weighted by Crippen LogP contribution is 2.16. The Morgan fingerprint density at radius 1 is 0.737 bits per heavy atom. The summed E-state index contributed by atoms with van der Waals surface area (Å²) in [5.74, 6) is 0. The molecule has 0 fully saturated rings. The fourth-order valence-electron chi connectivity index (χ4n) is 3.20. The van der Waals surface area contributed by atoms with E-state index < -0.39 is 0 Å². The average Bonchev–Trinajstić information content (AvgIpc) is 2.46. The van der Waals surface area contributed by atoms with Crippen molar-refractivity contribution >= 4 is 12.2 Å². The zero-order valence-electron chi connectivity index (χ0n) is 10.8. The van der Waals surface area contributed by atoms with E-state index in [2.05, 4.69) is 61.5 Å². The van der Waals surface area contributed by atoms with Crippen LogP contribution in [0, 0.1) is 17.4 Å². The number of rotatable bonds is 0. The van der Waals surface area contributed by atoms with Gasteiger partial charge in [0.1, 0.15) is 0 Å². The van der Waals surface area contributed by atoms with Crippen LogP contribution in [0.25, 0.3) is 12.2 Å². The summed E-state index contributed by atoms with van der Waals surface area (Å²) in [4.78, 5) is 0. The first-order chi connectivity index (χ1) is 9.33. The summed E-state index contributed by atoms with van der Waals surface area (Å²) in [7, 11) is 0. The topological polar surface area (TPSA) is 0 Å². The summed E-state index contributed by atoms with van der Waals surface area (Å²) in [6.07, 6.45) is 8.83. The summed E-state index contributed by atoms with van der Waals surface area (Å²) in [5, 5.41) is 5.49. The van der Waals surface area contributed by atoms with Crippen molar-refractivity contribution in [2.24, 2.45) is 0 Å². The van der Waals surface area contributed by atoms with E-state index in [9.17, 15) is 0 Å². The van der Waals surface area contributed by atoms with Crippen molar-refractivity contribution in [3.8, 4) is 0 Å². The van der Waals surface area contributed by atoms with Crippen LogP contribution in [-0.4, -0.2) is 0 Å². The number of hydrogen-bond acceptors (Lipinski definition) is 0. The second-order valence-electron chi connectivity index (χ2n) is 5.28. The molecule has 2 aromatic carbocycles. The Kier molecular flexibility index (Phi) is 2.25. The lowest BCUT2D eigenvalue weighted by Crippen LogP contribution is -2.19. The normalized spacial score (nSPS) is 15.3. The molecule has 0 unspecified atom stereocenters. The Labute approximate surface area is 112 Å². The highest BCUT2D eigenvalue weighted by Gasteiger charge is 2.10. The highest BCUT2D eigenvalue weighted by molar-refractivity contribution is 5.56. The zero-order valence-corrected chi connectivity index (χ0v) is 10.8. The highest BCUT2D eigenvalue weighted by atomic mass is 14.1. The van der Waals surface area contributed by atoms with Crippen molar-refractivity contribution in [3.63, 3.8) is 0 Å². The van der Waals surface area contributed by atoms with Gasteiger partial charge in [-0.05, 0) is 51.8 Å². The maximum absolute atomic E-state index is 4.04. The molecule has 0 saturated heterocycles. The minimum absolute atomic E-state index is 1.02. The maximum Gasteiger partial charge on any atom is -0.00790 e. The SMILES string of the molecule is [CH2]C1=CCc2c3c(ccc2=C1)=c1ccccc1=CC3. The lowest BCUT2D eigenvalue weighted by molar-refractivity contribution is 1.10. The smallest absolute Gasteiger partial charge is 0.00790 e. The first-order valence-electron chi connectivity index (χ1n) is 6.77. The van der Waals surface area contributed by atoms with Crippen LogP contribution in [0.2, 0.25) is 0 Å². The van der Waals surface area contributed by atoms with Crippen LogP contribution in [0.4, 0.5) is 0 Å². The third-order valence-electron chi connectivity index (χ3n) is 4.15. The van der Waals surface area contributed by atoms with Gasteiger partial charge >= 0.3 is 0 Å². The molecular weight excluding hydrogens is 228 g/mol. The zero-order chi connectivity index (χ0) is 12.8. The second kappa shape index (κ2) is 3.96.